The molecular weight excluding hydrogens is 984 g/mol. The Hall–Kier alpha value is -7.78. The van der Waals surface area contributed by atoms with E-state index in [4.69, 9.17) is 4.98 Å². The van der Waals surface area contributed by atoms with E-state index in [0.717, 1.165) is 78.1 Å². The molecule has 3 heterocycles. The van der Waals surface area contributed by atoms with Crippen molar-refractivity contribution in [1.29, 1.82) is 0 Å². The Morgan fingerprint density at radius 3 is 1.73 bits per heavy atom. The first-order valence-electron chi connectivity index (χ1n) is 22.2. The van der Waals surface area contributed by atoms with E-state index in [2.05, 4.69) is 263 Å². The van der Waals surface area contributed by atoms with Gasteiger partial charge in [0.1, 0.15) is 5.82 Å². The molecule has 0 fully saturated rings. The number of hydrogen-bond donors (Lipinski definition) is 0. The molecule has 0 saturated carbocycles. The Labute approximate surface area is 400 Å². The monoisotopic (exact) mass is 1030 g/mol. The molecule has 0 bridgehead atoms. The van der Waals surface area contributed by atoms with Gasteiger partial charge in [0.2, 0.25) is 0 Å². The molecule has 4 nitrogen and oxygen atoms in total. The van der Waals surface area contributed by atoms with Crippen LogP contribution in [-0.4, -0.2) is 16.2 Å². The zero-order valence-corrected chi connectivity index (χ0v) is 38.2. The number of nitrogens with zero attached hydrogens (tertiary/aromatic N) is 4. The molecule has 0 aliphatic carbocycles. The number of pyridine rings is 1. The van der Waals surface area contributed by atoms with Gasteiger partial charge in [-0.2, -0.15) is 36.4 Å². The summed E-state index contributed by atoms with van der Waals surface area (Å²) >= 11 is 0. The number of benzene rings is 9. The summed E-state index contributed by atoms with van der Waals surface area (Å²) in [5, 5.41) is 2.26. The third-order valence-electron chi connectivity index (χ3n) is 13.0. The fraction of sp³-hybridized carbons (Fsp3) is 0.0328. The maximum atomic E-state index is 5.11. The first-order valence-corrected chi connectivity index (χ1v) is 22.2. The number of anilines is 4. The predicted octanol–water partition coefficient (Wildman–Crippen LogP) is 14.7. The first kappa shape index (κ1) is 41.0. The van der Waals surface area contributed by atoms with E-state index < -0.39 is 5.41 Å². The second kappa shape index (κ2) is 17.3. The SMILES string of the molecule is [Pt+2].[c-]1c(N2CN(c3ccccc3)c3ccccc32)cccc1C(c1[c-]c2c(cc1)c1ccccc1n2-c1cc(-c2ccccc2-c2ccccc2)ccn1)(c1ccccc1)c1ccccc1. The summed E-state index contributed by atoms with van der Waals surface area (Å²) in [6.45, 7) is 0.660. The Kier molecular flexibility index (Phi) is 10.7. The number of hydrogen-bond acceptors (Lipinski definition) is 3. The van der Waals surface area contributed by atoms with Crippen molar-refractivity contribution in [2.45, 2.75) is 5.41 Å². The summed E-state index contributed by atoms with van der Waals surface area (Å²) in [6, 6.07) is 92.6. The topological polar surface area (TPSA) is 24.3 Å². The summed E-state index contributed by atoms with van der Waals surface area (Å²) < 4.78 is 2.29. The van der Waals surface area contributed by atoms with Crippen LogP contribution >= 0.6 is 0 Å². The summed E-state index contributed by atoms with van der Waals surface area (Å²) in [5.74, 6) is 0.833. The molecule has 1 aliphatic heterocycles. The van der Waals surface area contributed by atoms with Crippen molar-refractivity contribution in [3.8, 4) is 28.1 Å². The molecule has 0 radical (unpaired) electrons. The van der Waals surface area contributed by atoms with Crippen LogP contribution in [0.4, 0.5) is 22.7 Å². The van der Waals surface area contributed by atoms with E-state index in [9.17, 15) is 0 Å². The van der Waals surface area contributed by atoms with Crippen LogP contribution in [-0.2, 0) is 26.5 Å². The van der Waals surface area contributed by atoms with Crippen LogP contribution in [0.3, 0.4) is 0 Å². The zero-order valence-electron chi connectivity index (χ0n) is 35.9. The Balaban J connectivity index is 0.00000481. The number of aromatic nitrogens is 2. The van der Waals surface area contributed by atoms with E-state index in [1.54, 1.807) is 0 Å². The summed E-state index contributed by atoms with van der Waals surface area (Å²) in [6.07, 6.45) is 1.94. The fourth-order valence-electron chi connectivity index (χ4n) is 10.1. The molecule has 0 saturated heterocycles. The van der Waals surface area contributed by atoms with Crippen LogP contribution in [0.2, 0.25) is 0 Å². The summed E-state index contributed by atoms with van der Waals surface area (Å²) in [7, 11) is 0. The van der Waals surface area contributed by atoms with Gasteiger partial charge in [0.05, 0.1) is 18.0 Å². The van der Waals surface area contributed by atoms with Gasteiger partial charge in [-0.3, -0.25) is 0 Å². The minimum atomic E-state index is -0.809. The smallest absolute Gasteiger partial charge is 0.345 e. The van der Waals surface area contributed by atoms with Gasteiger partial charge in [0.15, 0.2) is 0 Å². The third kappa shape index (κ3) is 6.85. The molecule has 0 unspecified atom stereocenters. The van der Waals surface area contributed by atoms with Crippen molar-refractivity contribution in [3.63, 3.8) is 0 Å². The second-order valence-electron chi connectivity index (χ2n) is 16.6. The third-order valence-corrected chi connectivity index (χ3v) is 13.0. The van der Waals surface area contributed by atoms with Gasteiger partial charge in [-0.15, -0.1) is 22.6 Å². The van der Waals surface area contributed by atoms with Gasteiger partial charge < -0.3 is 14.4 Å². The number of rotatable bonds is 9. The summed E-state index contributed by atoms with van der Waals surface area (Å²) in [5.41, 5.74) is 14.6. The molecule has 5 heteroatoms. The van der Waals surface area contributed by atoms with Crippen LogP contribution in [0.15, 0.2) is 243 Å². The maximum absolute atomic E-state index is 5.11. The Morgan fingerprint density at radius 2 is 1.02 bits per heavy atom. The van der Waals surface area contributed by atoms with Gasteiger partial charge in [0.25, 0.3) is 0 Å². The van der Waals surface area contributed by atoms with Crippen LogP contribution in [0, 0.1) is 12.1 Å². The van der Waals surface area contributed by atoms with Crippen LogP contribution < -0.4 is 9.80 Å². The van der Waals surface area contributed by atoms with Crippen LogP contribution in [0.1, 0.15) is 22.3 Å². The predicted molar refractivity (Wildman–Crippen MR) is 267 cm³/mol. The molecule has 0 N–H and O–H groups in total. The van der Waals surface area contributed by atoms with Crippen LogP contribution in [0.5, 0.6) is 0 Å². The Morgan fingerprint density at radius 1 is 0.439 bits per heavy atom. The van der Waals surface area contributed by atoms with Crippen molar-refractivity contribution in [2.24, 2.45) is 0 Å². The maximum Gasteiger partial charge on any atom is 2.00 e. The molecule has 9 aromatic carbocycles. The van der Waals surface area contributed by atoms with E-state index >= 15 is 0 Å². The van der Waals surface area contributed by atoms with Gasteiger partial charge >= 0.3 is 21.1 Å². The molecule has 1 aliphatic rings. The van der Waals surface area contributed by atoms with Crippen LogP contribution in [0.25, 0.3) is 49.9 Å². The first-order chi connectivity index (χ1) is 32.3. The molecule has 0 atom stereocenters. The molecule has 2 aromatic heterocycles. The van der Waals surface area contributed by atoms with E-state index in [1.165, 1.54) is 16.8 Å². The van der Waals surface area contributed by atoms with Gasteiger partial charge in [-0.1, -0.05) is 175 Å². The molecule has 0 spiro atoms. The van der Waals surface area contributed by atoms with Crippen molar-refractivity contribution in [2.75, 3.05) is 16.5 Å². The van der Waals surface area contributed by atoms with Gasteiger partial charge in [-0.25, -0.2) is 4.98 Å². The van der Waals surface area contributed by atoms with Crippen molar-refractivity contribution >= 4 is 44.6 Å². The normalized spacial score (nSPS) is 12.3. The molecular formula is C61H42N4Pt. The standard InChI is InChI=1S/C61H42N4.Pt/c1-5-20-44(21-6-1)52-30-13-14-31-53(52)45-38-39-62-60(40-45)65-56-33-16-15-32-54(56)55-37-36-49(42-59(55)65)61(46-22-7-2-8-23-46,47-24-9-3-10-25-47)48-26-19-29-51(41-48)64-43-63(50-27-11-4-12-28-50)57-34-17-18-35-58(57)64;/h1-40H,43H2;/q-2;+2. The second-order valence-corrected chi connectivity index (χ2v) is 16.6. The zero-order chi connectivity index (χ0) is 43.2. The minimum absolute atomic E-state index is 0. The number of para-hydroxylation sites is 4. The van der Waals surface area contributed by atoms with Crippen molar-refractivity contribution < 1.29 is 21.1 Å². The molecule has 11 aromatic rings. The molecule has 316 valence electrons. The largest absolute Gasteiger partial charge is 2.00 e. The number of fused-ring (bicyclic) bond motifs is 4. The molecule has 0 amide bonds. The minimum Gasteiger partial charge on any atom is -0.345 e. The van der Waals surface area contributed by atoms with E-state index in [-0.39, 0.29) is 21.1 Å². The average Bonchev–Trinajstić information content (AvgIpc) is 3.94. The van der Waals surface area contributed by atoms with Crippen molar-refractivity contribution in [1.82, 2.24) is 9.55 Å². The van der Waals surface area contributed by atoms with E-state index in [1.807, 2.05) is 6.20 Å². The average molecular weight is 1030 g/mol. The Bertz CT molecular complexity index is 3440. The quantitative estimate of drug-likeness (QED) is 0.106. The molecule has 66 heavy (non-hydrogen) atoms. The molecule has 12 rings (SSSR count). The van der Waals surface area contributed by atoms with Gasteiger partial charge in [0, 0.05) is 22.8 Å². The fourth-order valence-corrected chi connectivity index (χ4v) is 10.1. The van der Waals surface area contributed by atoms with Gasteiger partial charge in [-0.05, 0) is 81.2 Å². The van der Waals surface area contributed by atoms with Crippen molar-refractivity contribution in [3.05, 3.63) is 277 Å². The van der Waals surface area contributed by atoms with E-state index in [0.29, 0.717) is 6.67 Å². The summed E-state index contributed by atoms with van der Waals surface area (Å²) in [4.78, 5) is 9.86.